The van der Waals surface area contributed by atoms with Gasteiger partial charge in [0.2, 0.25) is 6.41 Å². The van der Waals surface area contributed by atoms with Crippen LogP contribution in [-0.2, 0) is 4.79 Å². The fourth-order valence-corrected chi connectivity index (χ4v) is 6.03. The number of allylic oxidation sites excluding steroid dienone is 3. The zero-order chi connectivity index (χ0) is 23.1. The van der Waals surface area contributed by atoms with Crippen LogP contribution in [0.2, 0.25) is 0 Å². The van der Waals surface area contributed by atoms with E-state index >= 15 is 0 Å². The van der Waals surface area contributed by atoms with Crippen LogP contribution in [-0.4, -0.2) is 44.5 Å². The highest BCUT2D eigenvalue weighted by molar-refractivity contribution is 7.14. The van der Waals surface area contributed by atoms with Crippen molar-refractivity contribution in [2.45, 2.75) is 65.8 Å². The third kappa shape index (κ3) is 6.01. The number of hydrogen-bond donors (Lipinski definition) is 3. The first-order chi connectivity index (χ1) is 15.4. The maximum absolute atomic E-state index is 13.0. The van der Waals surface area contributed by atoms with Gasteiger partial charge < -0.3 is 20.9 Å². The van der Waals surface area contributed by atoms with Crippen molar-refractivity contribution in [3.05, 3.63) is 39.4 Å². The number of nitrogens with one attached hydrogen (secondary N) is 3. The monoisotopic (exact) mass is 458 g/mol. The molecule has 2 fully saturated rings. The average molecular weight is 459 g/mol. The summed E-state index contributed by atoms with van der Waals surface area (Å²) in [5.74, 6) is 0.732. The van der Waals surface area contributed by atoms with Gasteiger partial charge in [0, 0.05) is 30.2 Å². The molecule has 2 amide bonds. The molecular formula is C25H38N4O2S. The predicted molar refractivity (Wildman–Crippen MR) is 133 cm³/mol. The molecule has 0 spiro atoms. The second kappa shape index (κ2) is 11.7. The Morgan fingerprint density at radius 1 is 1.22 bits per heavy atom. The average Bonchev–Trinajstić information content (AvgIpc) is 3.19. The van der Waals surface area contributed by atoms with Crippen LogP contribution >= 0.6 is 11.3 Å². The standard InChI is InChI=1S/C25H38N4O2S/c1-17(13-19(3)28-16-30)18(2)14-27-24(31)22-15-32-25(20(22)4)29-12-6-5-7-23(29)21-8-10-26-11-9-21/h13,15-16,21,23,26H,5-12,14H2,1-4H3,(H,27,31)(H,28,30)/b18-17+,19-13-. The molecule has 0 aromatic carbocycles. The number of thiophene rings is 1. The molecule has 3 heterocycles. The van der Waals surface area contributed by atoms with Crippen molar-refractivity contribution in [2.24, 2.45) is 5.92 Å². The van der Waals surface area contributed by atoms with E-state index in [0.29, 0.717) is 19.0 Å². The molecule has 6 nitrogen and oxygen atoms in total. The Kier molecular flexibility index (Phi) is 8.93. The fourth-order valence-electron chi connectivity index (χ4n) is 4.87. The Hall–Kier alpha value is -2.12. The molecule has 0 radical (unpaired) electrons. The predicted octanol–water partition coefficient (Wildman–Crippen LogP) is 4.13. The van der Waals surface area contributed by atoms with Gasteiger partial charge in [-0.3, -0.25) is 9.59 Å². The van der Waals surface area contributed by atoms with Gasteiger partial charge in [-0.25, -0.2) is 0 Å². The molecule has 2 aliphatic rings. The summed E-state index contributed by atoms with van der Waals surface area (Å²) in [6, 6.07) is 0.599. The fraction of sp³-hybridized carbons (Fsp3) is 0.600. The number of anilines is 1. The topological polar surface area (TPSA) is 73.5 Å². The van der Waals surface area contributed by atoms with Gasteiger partial charge in [-0.2, -0.15) is 0 Å². The van der Waals surface area contributed by atoms with Gasteiger partial charge >= 0.3 is 0 Å². The van der Waals surface area contributed by atoms with Crippen molar-refractivity contribution >= 4 is 28.7 Å². The minimum Gasteiger partial charge on any atom is -0.360 e. The molecule has 2 aliphatic heterocycles. The SMILES string of the molecule is C/C(=C/C(C)=C(\C)CNC(=O)c1csc(N2CCCCC2C2CCNCC2)c1C)NC=O. The molecule has 32 heavy (non-hydrogen) atoms. The van der Waals surface area contributed by atoms with E-state index < -0.39 is 0 Å². The largest absolute Gasteiger partial charge is 0.360 e. The number of nitrogens with zero attached hydrogens (tertiary/aromatic N) is 1. The Morgan fingerprint density at radius 3 is 2.69 bits per heavy atom. The maximum Gasteiger partial charge on any atom is 0.252 e. The highest BCUT2D eigenvalue weighted by atomic mass is 32.1. The van der Waals surface area contributed by atoms with Crippen LogP contribution in [0, 0.1) is 12.8 Å². The van der Waals surface area contributed by atoms with E-state index in [1.807, 2.05) is 32.2 Å². The Morgan fingerprint density at radius 2 is 1.97 bits per heavy atom. The quantitative estimate of drug-likeness (QED) is 0.405. The van der Waals surface area contributed by atoms with Gasteiger partial charge in [-0.1, -0.05) is 5.57 Å². The zero-order valence-electron chi connectivity index (χ0n) is 19.9. The van der Waals surface area contributed by atoms with Gasteiger partial charge in [-0.05, 0) is 96.0 Å². The lowest BCUT2D eigenvalue weighted by atomic mass is 9.84. The molecule has 3 rings (SSSR count). The van der Waals surface area contributed by atoms with Crippen LogP contribution in [0.1, 0.15) is 68.8 Å². The van der Waals surface area contributed by atoms with Crippen molar-refractivity contribution in [2.75, 3.05) is 31.1 Å². The van der Waals surface area contributed by atoms with Crippen LogP contribution in [0.3, 0.4) is 0 Å². The first kappa shape index (κ1) is 24.5. The summed E-state index contributed by atoms with van der Waals surface area (Å²) in [5, 5.41) is 12.5. The number of hydrogen-bond acceptors (Lipinski definition) is 5. The number of piperidine rings is 2. The molecule has 176 valence electrons. The van der Waals surface area contributed by atoms with Crippen molar-refractivity contribution in [3.8, 4) is 0 Å². The van der Waals surface area contributed by atoms with Crippen LogP contribution in [0.4, 0.5) is 5.00 Å². The molecule has 3 N–H and O–H groups in total. The molecule has 0 saturated carbocycles. The third-order valence-electron chi connectivity index (χ3n) is 6.90. The number of carbonyl (C=O) groups is 2. The smallest absolute Gasteiger partial charge is 0.252 e. The minimum atomic E-state index is -0.0145. The normalized spacial score (nSPS) is 21.2. The van der Waals surface area contributed by atoms with Gasteiger partial charge in [0.05, 0.1) is 10.6 Å². The number of rotatable bonds is 8. The summed E-state index contributed by atoms with van der Waals surface area (Å²) in [7, 11) is 0. The van der Waals surface area contributed by atoms with Crippen LogP contribution in [0.15, 0.2) is 28.3 Å². The van der Waals surface area contributed by atoms with Crippen LogP contribution < -0.4 is 20.9 Å². The Balaban J connectivity index is 1.68. The van der Waals surface area contributed by atoms with E-state index in [-0.39, 0.29) is 5.91 Å². The molecule has 0 aliphatic carbocycles. The second-order valence-electron chi connectivity index (χ2n) is 9.16. The van der Waals surface area contributed by atoms with Gasteiger partial charge in [-0.15, -0.1) is 11.3 Å². The number of carbonyl (C=O) groups excluding carboxylic acids is 2. The maximum atomic E-state index is 13.0. The molecule has 2 saturated heterocycles. The Bertz CT molecular complexity index is 867. The van der Waals surface area contributed by atoms with Crippen molar-refractivity contribution in [1.29, 1.82) is 0 Å². The van der Waals surface area contributed by atoms with Gasteiger partial charge in [0.25, 0.3) is 5.91 Å². The summed E-state index contributed by atoms with van der Waals surface area (Å²) in [6.45, 7) is 11.8. The molecule has 1 unspecified atom stereocenters. The first-order valence-corrected chi connectivity index (χ1v) is 12.7. The summed E-state index contributed by atoms with van der Waals surface area (Å²) < 4.78 is 0. The van der Waals surface area contributed by atoms with E-state index in [9.17, 15) is 9.59 Å². The van der Waals surface area contributed by atoms with Crippen LogP contribution in [0.25, 0.3) is 0 Å². The van der Waals surface area contributed by atoms with Crippen LogP contribution in [0.5, 0.6) is 0 Å². The first-order valence-electron chi connectivity index (χ1n) is 11.8. The van der Waals surface area contributed by atoms with E-state index in [4.69, 9.17) is 0 Å². The number of amides is 2. The van der Waals surface area contributed by atoms with Crippen molar-refractivity contribution < 1.29 is 9.59 Å². The summed E-state index contributed by atoms with van der Waals surface area (Å²) >= 11 is 1.72. The van der Waals surface area contributed by atoms with E-state index in [2.05, 4.69) is 27.8 Å². The van der Waals surface area contributed by atoms with Crippen molar-refractivity contribution in [3.63, 3.8) is 0 Å². The zero-order valence-corrected chi connectivity index (χ0v) is 20.7. The summed E-state index contributed by atoms with van der Waals surface area (Å²) in [6.07, 6.45) is 8.89. The molecule has 7 heteroatoms. The van der Waals surface area contributed by atoms with Gasteiger partial charge in [0.1, 0.15) is 0 Å². The molecule has 0 bridgehead atoms. The highest BCUT2D eigenvalue weighted by Gasteiger charge is 2.33. The van der Waals surface area contributed by atoms with E-state index in [1.165, 1.54) is 37.1 Å². The third-order valence-corrected chi connectivity index (χ3v) is 8.02. The summed E-state index contributed by atoms with van der Waals surface area (Å²) in [4.78, 5) is 26.1. The van der Waals surface area contributed by atoms with E-state index in [0.717, 1.165) is 53.5 Å². The minimum absolute atomic E-state index is 0.0145. The second-order valence-corrected chi connectivity index (χ2v) is 10.0. The molecular weight excluding hydrogens is 420 g/mol. The molecule has 1 atom stereocenters. The lowest BCUT2D eigenvalue weighted by Gasteiger charge is -2.43. The Labute approximate surface area is 196 Å². The van der Waals surface area contributed by atoms with Crippen molar-refractivity contribution in [1.82, 2.24) is 16.0 Å². The lowest BCUT2D eigenvalue weighted by molar-refractivity contribution is -0.108. The molecule has 1 aromatic heterocycles. The highest BCUT2D eigenvalue weighted by Crippen LogP contribution is 2.38. The summed E-state index contributed by atoms with van der Waals surface area (Å²) in [5.41, 5.74) is 4.79. The molecule has 1 aromatic rings. The lowest BCUT2D eigenvalue weighted by Crippen LogP contribution is -2.47. The van der Waals surface area contributed by atoms with E-state index in [1.54, 1.807) is 11.3 Å². The van der Waals surface area contributed by atoms with Gasteiger partial charge in [0.15, 0.2) is 0 Å².